The smallest absolute Gasteiger partial charge is 0.339 e. The first-order chi connectivity index (χ1) is 9.47. The molecule has 2 fully saturated rings. The molecule has 0 saturated carbocycles. The van der Waals surface area contributed by atoms with Crippen molar-refractivity contribution in [3.8, 4) is 0 Å². The molecular formula is C15H19NO4. The molecule has 2 N–H and O–H groups in total. The molecule has 5 atom stereocenters. The second-order valence-corrected chi connectivity index (χ2v) is 5.97. The lowest BCUT2D eigenvalue weighted by Crippen LogP contribution is -2.80. The highest BCUT2D eigenvalue weighted by Crippen LogP contribution is 2.52. The molecule has 2 aliphatic heterocycles. The van der Waals surface area contributed by atoms with Gasteiger partial charge in [-0.25, -0.2) is 4.79 Å². The van der Waals surface area contributed by atoms with Crippen LogP contribution in [0.15, 0.2) is 24.8 Å². The number of nitrogens with one attached hydrogen (secondary N) is 1. The minimum absolute atomic E-state index is 0.139. The minimum Gasteiger partial charge on any atom is -0.453 e. The van der Waals surface area contributed by atoms with Crippen molar-refractivity contribution in [3.05, 3.63) is 24.8 Å². The zero-order chi connectivity index (χ0) is 14.5. The van der Waals surface area contributed by atoms with Gasteiger partial charge < -0.3 is 15.2 Å². The van der Waals surface area contributed by atoms with Crippen LogP contribution in [0.5, 0.6) is 0 Å². The van der Waals surface area contributed by atoms with Crippen molar-refractivity contribution in [2.24, 2.45) is 11.8 Å². The van der Waals surface area contributed by atoms with Gasteiger partial charge in [-0.3, -0.25) is 4.79 Å². The van der Waals surface area contributed by atoms with E-state index < -0.39 is 29.1 Å². The first-order valence-corrected chi connectivity index (χ1v) is 7.00. The van der Waals surface area contributed by atoms with Crippen LogP contribution in [0.3, 0.4) is 0 Å². The van der Waals surface area contributed by atoms with Gasteiger partial charge in [0, 0.05) is 5.92 Å². The number of carbonyl (C=O) groups excluding carboxylic acids is 2. The van der Waals surface area contributed by atoms with Gasteiger partial charge in [0.2, 0.25) is 11.4 Å². The lowest BCUT2D eigenvalue weighted by Gasteiger charge is -2.54. The van der Waals surface area contributed by atoms with Gasteiger partial charge in [-0.05, 0) is 26.2 Å². The molecule has 5 nitrogen and oxygen atoms in total. The Bertz CT molecular complexity index is 514. The number of carbonyl (C=O) groups is 2. The number of hydrogen-bond donors (Lipinski definition) is 2. The van der Waals surface area contributed by atoms with E-state index in [9.17, 15) is 14.7 Å². The fraction of sp³-hybridized carbons (Fsp3) is 0.600. The summed E-state index contributed by atoms with van der Waals surface area (Å²) < 4.78 is 5.26. The maximum atomic E-state index is 12.1. The van der Waals surface area contributed by atoms with Crippen molar-refractivity contribution < 1.29 is 19.4 Å². The molecule has 0 aromatic carbocycles. The quantitative estimate of drug-likeness (QED) is 0.588. The van der Waals surface area contributed by atoms with Crippen LogP contribution in [0.25, 0.3) is 0 Å². The molecule has 0 bridgehead atoms. The maximum Gasteiger partial charge on any atom is 0.339 e. The normalized spacial score (nSPS) is 44.1. The third kappa shape index (κ3) is 1.36. The van der Waals surface area contributed by atoms with Crippen molar-refractivity contribution >= 4 is 11.9 Å². The van der Waals surface area contributed by atoms with Crippen LogP contribution >= 0.6 is 0 Å². The highest BCUT2D eigenvalue weighted by atomic mass is 16.6. The SMILES string of the molecule is C=C[C@H]1C(=O)N[C@@]2([C@@H](O)[C@@H]3C=CCCC3)C(=O)O[C@@]12C. The summed E-state index contributed by atoms with van der Waals surface area (Å²) in [6, 6.07) is 0. The second kappa shape index (κ2) is 4.19. The molecule has 2 saturated heterocycles. The Morgan fingerprint density at radius 1 is 1.60 bits per heavy atom. The van der Waals surface area contributed by atoms with Crippen molar-refractivity contribution in [2.75, 3.05) is 0 Å². The molecule has 0 aromatic heterocycles. The summed E-state index contributed by atoms with van der Waals surface area (Å²) in [7, 11) is 0. The van der Waals surface area contributed by atoms with E-state index in [0.29, 0.717) is 0 Å². The van der Waals surface area contributed by atoms with Crippen LogP contribution in [0.1, 0.15) is 26.2 Å². The fourth-order valence-corrected chi connectivity index (χ4v) is 3.76. The number of aliphatic hydroxyl groups excluding tert-OH is 1. The van der Waals surface area contributed by atoms with E-state index in [1.807, 2.05) is 12.2 Å². The highest BCUT2D eigenvalue weighted by molar-refractivity contribution is 6.02. The first-order valence-electron chi connectivity index (χ1n) is 7.00. The number of hydrogen-bond acceptors (Lipinski definition) is 4. The van der Waals surface area contributed by atoms with E-state index in [-0.39, 0.29) is 11.8 Å². The second-order valence-electron chi connectivity index (χ2n) is 5.97. The summed E-state index contributed by atoms with van der Waals surface area (Å²) >= 11 is 0. The van der Waals surface area contributed by atoms with Gasteiger partial charge in [-0.1, -0.05) is 18.2 Å². The average Bonchev–Trinajstić information content (AvgIpc) is 2.62. The Kier molecular flexibility index (Phi) is 2.80. The molecule has 0 radical (unpaired) electrons. The topological polar surface area (TPSA) is 75.6 Å². The van der Waals surface area contributed by atoms with Crippen LogP contribution in [-0.4, -0.2) is 34.2 Å². The Balaban J connectivity index is 1.99. The molecule has 0 spiro atoms. The van der Waals surface area contributed by atoms with Crippen LogP contribution in [0.2, 0.25) is 0 Å². The van der Waals surface area contributed by atoms with Gasteiger partial charge in [-0.15, -0.1) is 6.58 Å². The number of amides is 1. The number of allylic oxidation sites excluding steroid dienone is 1. The molecule has 3 rings (SSSR count). The molecule has 0 aromatic rings. The van der Waals surface area contributed by atoms with Crippen LogP contribution < -0.4 is 5.32 Å². The maximum absolute atomic E-state index is 12.1. The Morgan fingerprint density at radius 3 is 2.90 bits per heavy atom. The third-order valence-corrected chi connectivity index (χ3v) is 4.98. The lowest BCUT2D eigenvalue weighted by molar-refractivity contribution is -0.235. The van der Waals surface area contributed by atoms with Gasteiger partial charge in [0.25, 0.3) is 0 Å². The van der Waals surface area contributed by atoms with E-state index in [0.717, 1.165) is 19.3 Å². The number of fused-ring (bicyclic) bond motifs is 1. The van der Waals surface area contributed by atoms with Crippen LogP contribution in [0, 0.1) is 11.8 Å². The molecule has 2 heterocycles. The zero-order valence-corrected chi connectivity index (χ0v) is 11.5. The molecule has 108 valence electrons. The summed E-state index contributed by atoms with van der Waals surface area (Å²) in [6.07, 6.45) is 7.21. The highest BCUT2D eigenvalue weighted by Gasteiger charge is 2.79. The summed E-state index contributed by atoms with van der Waals surface area (Å²) in [6.45, 7) is 5.33. The Hall–Kier alpha value is -1.62. The standard InChI is InChI=1S/C15H19NO4/c1-3-10-12(18)16-15(13(19)20-14(10,15)2)11(17)9-7-5-4-6-8-9/h3,5,7,9-11,17H,1,4,6,8H2,2H3,(H,16,18)/t9-,10+,11+,14+,15+/m1/s1. The van der Waals surface area contributed by atoms with Crippen molar-refractivity contribution in [2.45, 2.75) is 43.4 Å². The minimum atomic E-state index is -1.34. The fourth-order valence-electron chi connectivity index (χ4n) is 3.76. The molecule has 3 aliphatic rings. The van der Waals surface area contributed by atoms with Crippen molar-refractivity contribution in [3.63, 3.8) is 0 Å². The third-order valence-electron chi connectivity index (χ3n) is 4.98. The van der Waals surface area contributed by atoms with Gasteiger partial charge in [0.05, 0.1) is 12.0 Å². The first kappa shape index (κ1) is 13.4. The molecule has 0 unspecified atom stereocenters. The van der Waals surface area contributed by atoms with E-state index >= 15 is 0 Å². The van der Waals surface area contributed by atoms with Crippen molar-refractivity contribution in [1.82, 2.24) is 5.32 Å². The van der Waals surface area contributed by atoms with Crippen molar-refractivity contribution in [1.29, 1.82) is 0 Å². The summed E-state index contributed by atoms with van der Waals surface area (Å²) in [5.74, 6) is -1.63. The molecule has 1 amide bonds. The van der Waals surface area contributed by atoms with E-state index in [1.54, 1.807) is 6.92 Å². The van der Waals surface area contributed by atoms with Gasteiger partial charge in [-0.2, -0.15) is 0 Å². The number of aliphatic hydroxyl groups is 1. The summed E-state index contributed by atoms with van der Waals surface area (Å²) in [5.41, 5.74) is -2.39. The monoisotopic (exact) mass is 277 g/mol. The lowest BCUT2D eigenvalue weighted by atomic mass is 9.65. The Morgan fingerprint density at radius 2 is 2.35 bits per heavy atom. The van der Waals surface area contributed by atoms with Gasteiger partial charge in [0.15, 0.2) is 5.60 Å². The van der Waals surface area contributed by atoms with Gasteiger partial charge >= 0.3 is 5.97 Å². The Labute approximate surface area is 117 Å². The number of esters is 1. The van der Waals surface area contributed by atoms with Crippen LogP contribution in [0.4, 0.5) is 0 Å². The molecule has 20 heavy (non-hydrogen) atoms. The largest absolute Gasteiger partial charge is 0.453 e. The van der Waals surface area contributed by atoms with E-state index in [4.69, 9.17) is 4.74 Å². The molecular weight excluding hydrogens is 258 g/mol. The zero-order valence-electron chi connectivity index (χ0n) is 11.5. The molecule has 1 aliphatic carbocycles. The van der Waals surface area contributed by atoms with Crippen LogP contribution in [-0.2, 0) is 14.3 Å². The van der Waals surface area contributed by atoms with E-state index in [2.05, 4.69) is 11.9 Å². The number of ether oxygens (including phenoxy) is 1. The predicted octanol–water partition coefficient (Wildman–Crippen LogP) is 0.690. The summed E-state index contributed by atoms with van der Waals surface area (Å²) in [4.78, 5) is 24.1. The van der Waals surface area contributed by atoms with Gasteiger partial charge in [0.1, 0.15) is 0 Å². The average molecular weight is 277 g/mol. The van der Waals surface area contributed by atoms with E-state index in [1.165, 1.54) is 6.08 Å². The molecule has 5 heteroatoms. The number of rotatable bonds is 3. The summed E-state index contributed by atoms with van der Waals surface area (Å²) in [5, 5.41) is 13.4. The predicted molar refractivity (Wildman–Crippen MR) is 71.5 cm³/mol.